The highest BCUT2D eigenvalue weighted by atomic mass is 19.4. The van der Waals surface area contributed by atoms with Gasteiger partial charge in [0.2, 0.25) is 11.8 Å². The molecule has 278 valence electrons. The van der Waals surface area contributed by atoms with Crippen LogP contribution in [0, 0.1) is 17.8 Å². The Morgan fingerprint density at radius 3 is 2.53 bits per heavy atom. The highest BCUT2D eigenvalue weighted by Crippen LogP contribution is 2.59. The molecule has 2 aliphatic heterocycles. The summed E-state index contributed by atoms with van der Waals surface area (Å²) in [7, 11) is 0. The number of ketones is 2. The minimum Gasteiger partial charge on any atom is -0.377 e. The van der Waals surface area contributed by atoms with Gasteiger partial charge in [0, 0.05) is 60.3 Å². The van der Waals surface area contributed by atoms with Crippen LogP contribution in [0.3, 0.4) is 0 Å². The Balaban J connectivity index is 1.22. The Morgan fingerprint density at radius 1 is 1.06 bits per heavy atom. The van der Waals surface area contributed by atoms with Gasteiger partial charge in [-0.15, -0.1) is 0 Å². The first kappa shape index (κ1) is 36.3. The molecule has 2 fully saturated rings. The van der Waals surface area contributed by atoms with Gasteiger partial charge in [0.1, 0.15) is 23.8 Å². The predicted molar refractivity (Wildman–Crippen MR) is 185 cm³/mol. The normalized spacial score (nSPS) is 23.3. The minimum absolute atomic E-state index is 0.0495. The van der Waals surface area contributed by atoms with Crippen molar-refractivity contribution in [2.45, 2.75) is 91.2 Å². The Kier molecular flexibility index (Phi) is 9.19. The summed E-state index contributed by atoms with van der Waals surface area (Å²) in [5.41, 5.74) is 0.0729. The van der Waals surface area contributed by atoms with E-state index in [1.165, 1.54) is 22.6 Å². The van der Waals surface area contributed by atoms with Crippen LogP contribution in [-0.4, -0.2) is 78.2 Å². The van der Waals surface area contributed by atoms with E-state index >= 15 is 0 Å². The number of hydrogen-bond donors (Lipinski definition) is 1. The lowest BCUT2D eigenvalue weighted by atomic mass is 9.86. The van der Waals surface area contributed by atoms with Crippen molar-refractivity contribution >= 4 is 34.3 Å². The van der Waals surface area contributed by atoms with Crippen molar-refractivity contribution in [3.63, 3.8) is 0 Å². The number of carbonyl (C=O) groups is 4. The smallest absolute Gasteiger partial charge is 0.377 e. The number of nitrogens with zero attached hydrogens (tertiary/aromatic N) is 6. The van der Waals surface area contributed by atoms with Crippen molar-refractivity contribution in [1.82, 2.24) is 34.9 Å². The number of aryl methyl sites for hydroxylation is 1. The second-order valence-corrected chi connectivity index (χ2v) is 15.1. The summed E-state index contributed by atoms with van der Waals surface area (Å²) in [4.78, 5) is 68.5. The molecule has 1 N–H and O–H groups in total. The molecule has 4 aromatic rings. The molecule has 1 spiro atoms. The number of Topliss-reactive ketones (excluding diaryl/α,β-unsaturated/α-hetero) is 2. The van der Waals surface area contributed by atoms with Gasteiger partial charge in [0.25, 0.3) is 0 Å². The molecule has 1 aliphatic carbocycles. The highest BCUT2D eigenvalue weighted by Gasteiger charge is 2.67. The number of likely N-dealkylation sites (tertiary alicyclic amines) is 1. The molecular weight excluding hydrogens is 691 g/mol. The molecule has 53 heavy (non-hydrogen) atoms. The van der Waals surface area contributed by atoms with E-state index in [2.05, 4.69) is 25.4 Å². The second kappa shape index (κ2) is 13.4. The van der Waals surface area contributed by atoms with Crippen molar-refractivity contribution in [1.29, 1.82) is 0 Å². The molecule has 5 heterocycles. The van der Waals surface area contributed by atoms with Crippen molar-refractivity contribution in [3.05, 3.63) is 71.2 Å². The summed E-state index contributed by atoms with van der Waals surface area (Å²) >= 11 is 0. The number of ether oxygens (including phenoxy) is 1. The first-order valence-corrected chi connectivity index (χ1v) is 17.6. The fourth-order valence-corrected chi connectivity index (χ4v) is 7.67. The van der Waals surface area contributed by atoms with E-state index in [-0.39, 0.29) is 61.8 Å². The molecule has 2 bridgehead atoms. The number of nitrogens with one attached hydrogen (secondary N) is 1. The van der Waals surface area contributed by atoms with Crippen molar-refractivity contribution in [3.8, 4) is 11.1 Å². The van der Waals surface area contributed by atoms with Gasteiger partial charge in [0.15, 0.2) is 11.6 Å². The number of fused-ring (bicyclic) bond motifs is 3. The number of aromatic nitrogens is 5. The maximum absolute atomic E-state index is 14.4. The summed E-state index contributed by atoms with van der Waals surface area (Å²) in [5.74, 6) is -0.738. The third-order valence-corrected chi connectivity index (χ3v) is 10.8. The molecule has 1 saturated heterocycles. The van der Waals surface area contributed by atoms with E-state index in [9.17, 15) is 32.3 Å². The average molecular weight is 732 g/mol. The van der Waals surface area contributed by atoms with Crippen LogP contribution in [0.4, 0.5) is 13.2 Å². The van der Waals surface area contributed by atoms with Gasteiger partial charge in [-0.05, 0) is 61.9 Å². The zero-order valence-corrected chi connectivity index (χ0v) is 29.9. The third-order valence-electron chi connectivity index (χ3n) is 10.8. The molecule has 3 aliphatic rings. The lowest BCUT2D eigenvalue weighted by molar-refractivity contribution is -0.141. The zero-order chi connectivity index (χ0) is 37.9. The third kappa shape index (κ3) is 7.06. The number of benzene rings is 1. The maximum atomic E-state index is 14.4. The molecule has 12 nitrogen and oxygen atoms in total. The van der Waals surface area contributed by atoms with E-state index in [0.29, 0.717) is 41.6 Å². The molecule has 15 heteroatoms. The molecule has 1 saturated carbocycles. The van der Waals surface area contributed by atoms with Crippen LogP contribution in [0.25, 0.3) is 22.0 Å². The topological polar surface area (TPSA) is 149 Å². The van der Waals surface area contributed by atoms with Gasteiger partial charge in [-0.1, -0.05) is 26.0 Å². The number of rotatable bonds is 4. The van der Waals surface area contributed by atoms with E-state index in [1.807, 2.05) is 19.9 Å². The Hall–Kier alpha value is -5.05. The second-order valence-electron chi connectivity index (χ2n) is 15.1. The van der Waals surface area contributed by atoms with Gasteiger partial charge in [-0.3, -0.25) is 23.9 Å². The monoisotopic (exact) mass is 731 g/mol. The van der Waals surface area contributed by atoms with E-state index in [1.54, 1.807) is 31.5 Å². The first-order valence-electron chi connectivity index (χ1n) is 17.6. The lowest BCUT2D eigenvalue weighted by Crippen LogP contribution is -2.45. The van der Waals surface area contributed by atoms with Gasteiger partial charge in [0.05, 0.1) is 30.3 Å². The van der Waals surface area contributed by atoms with Crippen LogP contribution in [-0.2, 0) is 44.9 Å². The van der Waals surface area contributed by atoms with Crippen molar-refractivity contribution in [2.75, 3.05) is 13.2 Å². The van der Waals surface area contributed by atoms with Gasteiger partial charge in [-0.25, -0.2) is 15.0 Å². The fourth-order valence-electron chi connectivity index (χ4n) is 7.67. The minimum atomic E-state index is -4.72. The predicted octanol–water partition coefficient (Wildman–Crippen LogP) is 5.04. The number of piperidine rings is 1. The molecular formula is C38H40F3N7O5. The molecule has 0 unspecified atom stereocenters. The lowest BCUT2D eigenvalue weighted by Gasteiger charge is -2.27. The standard InChI is InChI=1S/C38H40F3N7O5/c1-21(49)34-26-12-23(25-16-42-22(2)43-17-25)6-8-28(26)47(46-34)18-33(51)48-29-14-37(15-32(37)48)20-44-35(52)36(3,4)10-5-11-53-19-24-7-9-31(38(39,40)41)45-27(24)13-30(29)50/h6-9,12,16-17,29,32H,5,10-11,13-15,18-20H2,1-4H3,(H,44,52)/t29-,32+,37-/m0/s1. The molecule has 0 radical (unpaired) electrons. The number of alkyl halides is 3. The number of amides is 2. The summed E-state index contributed by atoms with van der Waals surface area (Å²) in [6, 6.07) is 6.17. The van der Waals surface area contributed by atoms with Crippen LogP contribution < -0.4 is 5.32 Å². The van der Waals surface area contributed by atoms with Crippen LogP contribution in [0.15, 0.2) is 42.7 Å². The number of pyridine rings is 1. The van der Waals surface area contributed by atoms with Crippen LogP contribution in [0.5, 0.6) is 0 Å². The van der Waals surface area contributed by atoms with E-state index < -0.39 is 46.9 Å². The summed E-state index contributed by atoms with van der Waals surface area (Å²) in [6.45, 7) is 6.97. The Bertz CT molecular complexity index is 2130. The molecule has 7 rings (SSSR count). The highest BCUT2D eigenvalue weighted by molar-refractivity contribution is 6.06. The number of carbonyl (C=O) groups excluding carboxylic acids is 4. The number of hydrogen-bond acceptors (Lipinski definition) is 9. The largest absolute Gasteiger partial charge is 0.433 e. The summed E-state index contributed by atoms with van der Waals surface area (Å²) in [5, 5.41) is 8.12. The molecule has 1 aromatic carbocycles. The first-order chi connectivity index (χ1) is 25.1. The Morgan fingerprint density at radius 2 is 1.81 bits per heavy atom. The van der Waals surface area contributed by atoms with Crippen LogP contribution in [0.1, 0.15) is 79.7 Å². The molecule has 2 amide bonds. The van der Waals surface area contributed by atoms with E-state index in [4.69, 9.17) is 4.74 Å². The van der Waals surface area contributed by atoms with Crippen molar-refractivity contribution in [2.24, 2.45) is 10.8 Å². The van der Waals surface area contributed by atoms with Gasteiger partial charge < -0.3 is 15.0 Å². The zero-order valence-electron chi connectivity index (χ0n) is 29.9. The fraction of sp³-hybridized carbons (Fsp3) is 0.474. The summed E-state index contributed by atoms with van der Waals surface area (Å²) < 4.78 is 48.5. The van der Waals surface area contributed by atoms with Crippen molar-refractivity contribution < 1.29 is 37.1 Å². The number of halogens is 3. The van der Waals surface area contributed by atoms with Gasteiger partial charge in [-0.2, -0.15) is 18.3 Å². The van der Waals surface area contributed by atoms with Gasteiger partial charge >= 0.3 is 6.18 Å². The SMILES string of the molecule is CC(=O)c1nn(CC(=O)N2[C@H]3C[C@@]4(CNC(=O)C(C)(C)CCCOCc5ccc(C(F)(F)F)nc5CC3=O)C[C@@H]24)c2ccc(-c3cnc(C)nc3)cc12. The summed E-state index contributed by atoms with van der Waals surface area (Å²) in [6.07, 6.45) is 0.0235. The quantitative estimate of drug-likeness (QED) is 0.285. The van der Waals surface area contributed by atoms with Crippen LogP contribution >= 0.6 is 0 Å². The molecule has 3 aromatic heterocycles. The molecule has 3 atom stereocenters. The van der Waals surface area contributed by atoms with E-state index in [0.717, 1.165) is 17.2 Å². The average Bonchev–Trinajstić information content (AvgIpc) is 3.52. The van der Waals surface area contributed by atoms with Crippen LogP contribution in [0.2, 0.25) is 0 Å². The maximum Gasteiger partial charge on any atom is 0.433 e. The Labute approximate surface area is 303 Å².